The molecule has 2 aromatic carbocycles. The van der Waals surface area contributed by atoms with Crippen LogP contribution in [0.3, 0.4) is 0 Å². The molecule has 1 aromatic heterocycles. The highest BCUT2D eigenvalue weighted by Crippen LogP contribution is 2.46. The van der Waals surface area contributed by atoms with E-state index in [2.05, 4.69) is 4.98 Å². The van der Waals surface area contributed by atoms with E-state index in [0.717, 1.165) is 11.1 Å². The third-order valence-electron chi connectivity index (χ3n) is 4.41. The van der Waals surface area contributed by atoms with Crippen molar-refractivity contribution in [3.8, 4) is 5.75 Å². The predicted molar refractivity (Wildman–Crippen MR) is 111 cm³/mol. The molecule has 3 rings (SSSR count). The second kappa shape index (κ2) is 8.78. The first-order valence-electron chi connectivity index (χ1n) is 9.23. The van der Waals surface area contributed by atoms with Gasteiger partial charge in [0.15, 0.2) is 0 Å². The Kier molecular flexibility index (Phi) is 6.37. The number of carbonyl (C=O) groups is 1. The zero-order valence-corrected chi connectivity index (χ0v) is 17.5. The summed E-state index contributed by atoms with van der Waals surface area (Å²) in [6, 6.07) is 10.6. The van der Waals surface area contributed by atoms with Crippen LogP contribution < -0.4 is 15.8 Å². The first-order valence-corrected chi connectivity index (χ1v) is 10.8. The molecule has 0 saturated heterocycles. The summed E-state index contributed by atoms with van der Waals surface area (Å²) in [5.41, 5.74) is 8.13. The van der Waals surface area contributed by atoms with Gasteiger partial charge in [-0.05, 0) is 37.6 Å². The lowest BCUT2D eigenvalue weighted by Crippen LogP contribution is -2.12. The number of rotatable bonds is 9. The Morgan fingerprint density at radius 2 is 1.79 bits per heavy atom. The molecule has 0 bridgehead atoms. The van der Waals surface area contributed by atoms with Crippen LogP contribution in [0.2, 0.25) is 0 Å². The maximum absolute atomic E-state index is 12.9. The van der Waals surface area contributed by atoms with E-state index in [1.54, 1.807) is 44.4 Å². The molecule has 154 valence electrons. The number of primary amides is 1. The normalized spacial score (nSPS) is 11.7. The van der Waals surface area contributed by atoms with Crippen LogP contribution in [0.5, 0.6) is 5.75 Å². The summed E-state index contributed by atoms with van der Waals surface area (Å²) in [5, 5.41) is 0.521. The highest BCUT2D eigenvalue weighted by atomic mass is 31.2. The van der Waals surface area contributed by atoms with Gasteiger partial charge in [0, 0.05) is 12.6 Å². The predicted octanol–water partition coefficient (Wildman–Crippen LogP) is 3.08. The van der Waals surface area contributed by atoms with Crippen LogP contribution in [0.25, 0.3) is 11.0 Å². The van der Waals surface area contributed by atoms with Crippen molar-refractivity contribution in [1.29, 1.82) is 0 Å². The second-order valence-electron chi connectivity index (χ2n) is 6.28. The summed E-state index contributed by atoms with van der Waals surface area (Å²) in [6.45, 7) is 4.69. The fourth-order valence-electron chi connectivity index (χ4n) is 3.08. The molecule has 0 aliphatic carbocycles. The van der Waals surface area contributed by atoms with Gasteiger partial charge in [-0.15, -0.1) is 0 Å². The SMILES string of the molecule is CCOP(=O)(OCC)c1ccc(Cn2cnc3cc(C(N)=O)c(OC)cc32)cc1. The van der Waals surface area contributed by atoms with Gasteiger partial charge in [-0.1, -0.05) is 12.1 Å². The fraction of sp³-hybridized carbons (Fsp3) is 0.300. The molecule has 0 radical (unpaired) electrons. The van der Waals surface area contributed by atoms with Gasteiger partial charge < -0.3 is 24.1 Å². The van der Waals surface area contributed by atoms with Gasteiger partial charge in [-0.2, -0.15) is 0 Å². The molecule has 0 spiro atoms. The lowest BCUT2D eigenvalue weighted by Gasteiger charge is -2.17. The molecule has 1 heterocycles. The second-order valence-corrected chi connectivity index (χ2v) is 8.31. The molecule has 0 atom stereocenters. The number of benzene rings is 2. The van der Waals surface area contributed by atoms with Gasteiger partial charge in [0.05, 0.1) is 48.6 Å². The monoisotopic (exact) mass is 417 g/mol. The number of carbonyl (C=O) groups excluding carboxylic acids is 1. The van der Waals surface area contributed by atoms with E-state index in [9.17, 15) is 9.36 Å². The molecule has 0 fully saturated rings. The number of nitrogens with two attached hydrogens (primary N) is 1. The Bertz CT molecular complexity index is 1050. The number of hydrogen-bond acceptors (Lipinski definition) is 6. The topological polar surface area (TPSA) is 106 Å². The van der Waals surface area contributed by atoms with Crippen LogP contribution in [0, 0.1) is 0 Å². The Labute approximate surface area is 169 Å². The summed E-state index contributed by atoms with van der Waals surface area (Å²) in [4.78, 5) is 15.9. The number of methoxy groups -OCH3 is 1. The number of aromatic nitrogens is 2. The van der Waals surface area contributed by atoms with Crippen molar-refractivity contribution in [1.82, 2.24) is 9.55 Å². The largest absolute Gasteiger partial charge is 0.496 e. The molecule has 1 amide bonds. The first-order chi connectivity index (χ1) is 13.9. The minimum Gasteiger partial charge on any atom is -0.496 e. The summed E-state index contributed by atoms with van der Waals surface area (Å²) < 4.78 is 30.8. The summed E-state index contributed by atoms with van der Waals surface area (Å²) in [6.07, 6.45) is 1.69. The van der Waals surface area contributed by atoms with Crippen molar-refractivity contribution in [2.45, 2.75) is 20.4 Å². The number of ether oxygens (including phenoxy) is 1. The minimum absolute atomic E-state index is 0.289. The third kappa shape index (κ3) is 4.34. The lowest BCUT2D eigenvalue weighted by atomic mass is 10.1. The van der Waals surface area contributed by atoms with Crippen LogP contribution in [-0.4, -0.2) is 35.8 Å². The van der Waals surface area contributed by atoms with Crippen molar-refractivity contribution in [3.05, 3.63) is 53.9 Å². The Balaban J connectivity index is 1.89. The van der Waals surface area contributed by atoms with Crippen LogP contribution in [0.4, 0.5) is 0 Å². The van der Waals surface area contributed by atoms with E-state index in [0.29, 0.717) is 36.3 Å². The molecule has 3 aromatic rings. The van der Waals surface area contributed by atoms with Gasteiger partial charge in [0.1, 0.15) is 5.75 Å². The zero-order chi connectivity index (χ0) is 21.0. The van der Waals surface area contributed by atoms with Crippen molar-refractivity contribution in [2.75, 3.05) is 20.3 Å². The van der Waals surface area contributed by atoms with E-state index in [4.69, 9.17) is 19.5 Å². The quantitative estimate of drug-likeness (QED) is 0.537. The maximum atomic E-state index is 12.9. The molecule has 0 saturated carbocycles. The molecule has 0 aliphatic heterocycles. The smallest absolute Gasteiger partial charge is 0.361 e. The highest BCUT2D eigenvalue weighted by molar-refractivity contribution is 7.62. The maximum Gasteiger partial charge on any atom is 0.361 e. The molecule has 0 aliphatic rings. The molecule has 29 heavy (non-hydrogen) atoms. The van der Waals surface area contributed by atoms with E-state index < -0.39 is 13.5 Å². The van der Waals surface area contributed by atoms with Gasteiger partial charge in [0.25, 0.3) is 5.91 Å². The van der Waals surface area contributed by atoms with E-state index in [1.807, 2.05) is 16.7 Å². The Morgan fingerprint density at radius 1 is 1.14 bits per heavy atom. The Hall–Kier alpha value is -2.67. The first kappa shape index (κ1) is 21.0. The Morgan fingerprint density at radius 3 is 2.34 bits per heavy atom. The number of amides is 1. The zero-order valence-electron chi connectivity index (χ0n) is 16.6. The summed E-state index contributed by atoms with van der Waals surface area (Å²) in [5.74, 6) is -0.168. The number of fused-ring (bicyclic) bond motifs is 1. The van der Waals surface area contributed by atoms with E-state index in [-0.39, 0.29) is 5.56 Å². The van der Waals surface area contributed by atoms with Crippen LogP contribution in [0.15, 0.2) is 42.7 Å². The van der Waals surface area contributed by atoms with E-state index >= 15 is 0 Å². The summed E-state index contributed by atoms with van der Waals surface area (Å²) in [7, 11) is -1.82. The van der Waals surface area contributed by atoms with Crippen molar-refractivity contribution in [2.24, 2.45) is 5.73 Å². The molecule has 8 nitrogen and oxygen atoms in total. The number of nitrogens with zero attached hydrogens (tertiary/aromatic N) is 2. The lowest BCUT2D eigenvalue weighted by molar-refractivity contribution is 0.0997. The molecular weight excluding hydrogens is 393 g/mol. The van der Waals surface area contributed by atoms with Gasteiger partial charge >= 0.3 is 7.60 Å². The molecule has 9 heteroatoms. The van der Waals surface area contributed by atoms with E-state index in [1.165, 1.54) is 7.11 Å². The van der Waals surface area contributed by atoms with Crippen LogP contribution in [-0.2, 0) is 20.2 Å². The number of imidazole rings is 1. The van der Waals surface area contributed by atoms with Gasteiger partial charge in [-0.25, -0.2) is 4.98 Å². The van der Waals surface area contributed by atoms with Crippen molar-refractivity contribution in [3.63, 3.8) is 0 Å². The molecule has 0 unspecified atom stereocenters. The number of hydrogen-bond donors (Lipinski definition) is 1. The summed E-state index contributed by atoms with van der Waals surface area (Å²) >= 11 is 0. The molecular formula is C20H24N3O5P. The average molecular weight is 417 g/mol. The van der Waals surface area contributed by atoms with Crippen LogP contribution in [0.1, 0.15) is 29.8 Å². The fourth-order valence-corrected chi connectivity index (χ4v) is 4.65. The van der Waals surface area contributed by atoms with Crippen LogP contribution >= 0.6 is 7.60 Å². The van der Waals surface area contributed by atoms with Crippen molar-refractivity contribution < 1.29 is 23.1 Å². The standard InChI is InChI=1S/C20H24N3O5P/c1-4-27-29(25,28-5-2)15-8-6-14(7-9-15)12-23-13-22-17-10-16(20(21)24)19(26-3)11-18(17)23/h6-11,13H,4-5,12H2,1-3H3,(H2,21,24). The highest BCUT2D eigenvalue weighted by Gasteiger charge is 2.26. The average Bonchev–Trinajstić information content (AvgIpc) is 3.09. The van der Waals surface area contributed by atoms with Gasteiger partial charge in [0.2, 0.25) is 0 Å². The van der Waals surface area contributed by atoms with Crippen molar-refractivity contribution >= 4 is 29.8 Å². The minimum atomic E-state index is -3.31. The molecule has 2 N–H and O–H groups in total. The third-order valence-corrected chi connectivity index (χ3v) is 6.54. The van der Waals surface area contributed by atoms with Gasteiger partial charge in [-0.3, -0.25) is 9.36 Å².